The van der Waals surface area contributed by atoms with Crippen molar-refractivity contribution in [1.82, 2.24) is 23.1 Å². The summed E-state index contributed by atoms with van der Waals surface area (Å²) in [4.78, 5) is 59.4. The van der Waals surface area contributed by atoms with Crippen molar-refractivity contribution in [2.45, 2.75) is 217 Å². The number of halogens is 4. The number of aliphatic carboxylic acids is 2. The first-order chi connectivity index (χ1) is 47.1. The van der Waals surface area contributed by atoms with Crippen LogP contribution in [0.25, 0.3) is 0 Å². The van der Waals surface area contributed by atoms with Crippen LogP contribution in [0.4, 0.5) is 0 Å². The van der Waals surface area contributed by atoms with Crippen molar-refractivity contribution >= 4 is 193 Å². The molecule has 5 atom stereocenters. The number of carboxylic acids is 2. The maximum absolute atomic E-state index is 13.2. The predicted molar refractivity (Wildman–Crippen MR) is 441 cm³/mol. The van der Waals surface area contributed by atoms with Crippen molar-refractivity contribution in [2.24, 2.45) is 5.73 Å². The molecule has 4 aromatic rings. The summed E-state index contributed by atoms with van der Waals surface area (Å²) in [6.07, 6.45) is 2.61. The van der Waals surface area contributed by atoms with Crippen LogP contribution in [0, 0.1) is 27.7 Å². The zero-order chi connectivity index (χ0) is 79.1. The van der Waals surface area contributed by atoms with E-state index in [1.165, 1.54) is 75.9 Å². The summed E-state index contributed by atoms with van der Waals surface area (Å²) in [5.74, 6) is -0.215. The number of nitrogens with two attached hydrogens (primary N) is 1. The second kappa shape index (κ2) is 44.0. The number of hydroxylamine groups is 1. The van der Waals surface area contributed by atoms with E-state index in [0.29, 0.717) is 53.8 Å². The van der Waals surface area contributed by atoms with Crippen molar-refractivity contribution < 1.29 is 113 Å². The molecule has 0 bridgehead atoms. The number of carboxylic acid groups (broad SMARTS) is 2. The number of Topliss-reactive ketones (excluding diaryl/α,β-unsaturated/α-hetero) is 2. The summed E-state index contributed by atoms with van der Waals surface area (Å²) in [6, 6.07) is 15.4. The third kappa shape index (κ3) is 28.9. The van der Waals surface area contributed by atoms with E-state index in [1.54, 1.807) is 127 Å². The smallest absolute Gasteiger partial charge is 0.870 e. The molecule has 596 valence electrons. The first-order valence-electron chi connectivity index (χ1n) is 32.3. The maximum Gasteiger partial charge on any atom is 1.00 e. The molecule has 0 saturated carbocycles. The minimum atomic E-state index is -3.88. The minimum absolute atomic E-state index is 0. The molecule has 3 saturated heterocycles. The SMILES string of the molecule is C.CC(=O)[C@@H]1N(S(=O)(=O)c2ccc(Br)cc2C)CCCSC1(C)C.CC(=O)[C@H](NS(=O)(=O)c1ccc(Br)cc1C)C(C)(C)SCCCO.CC(C)(S)[C@@H](N)C(=O)O.Cc1cc(Br)ccc1S(=O)(=O)N1CCCSC(C)(C)[C@@H]1C(=O)NO.Cc1cc(Br)ccc1S(=O)(=O)N1CCCSC(C)(C)[C@@H]1C(=O)O.[Na+].[OH-]. The Labute approximate surface area is 706 Å². The molecule has 3 aliphatic heterocycles. The Kier molecular flexibility index (Phi) is 43.5. The molecule has 4 aromatic carbocycles. The Bertz CT molecular complexity index is 4020. The molecule has 0 unspecified atom stereocenters. The average molecular weight is 1920 g/mol. The molecule has 9 N–H and O–H groups in total. The molecule has 3 aliphatic rings. The largest absolute Gasteiger partial charge is 1.00 e. The molecule has 3 heterocycles. The number of sulfonamides is 4. The fourth-order valence-corrected chi connectivity index (χ4v) is 26.1. The van der Waals surface area contributed by atoms with Gasteiger partial charge in [0.25, 0.3) is 5.91 Å². The zero-order valence-electron chi connectivity index (χ0n) is 62.0. The predicted octanol–water partition coefficient (Wildman–Crippen LogP) is 9.73. The van der Waals surface area contributed by atoms with Crippen molar-refractivity contribution in [3.63, 3.8) is 0 Å². The van der Waals surface area contributed by atoms with Gasteiger partial charge in [0.15, 0.2) is 0 Å². The number of amides is 1. The van der Waals surface area contributed by atoms with Crippen LogP contribution >= 0.6 is 123 Å². The van der Waals surface area contributed by atoms with E-state index in [0.717, 1.165) is 45.9 Å². The number of carbonyl (C=O) groups excluding carboxylic acids is 3. The Morgan fingerprint density at radius 3 is 1.19 bits per heavy atom. The number of aliphatic hydroxyl groups is 1. The summed E-state index contributed by atoms with van der Waals surface area (Å²) in [6.45, 7) is 28.8. The molecule has 0 radical (unpaired) electrons. The van der Waals surface area contributed by atoms with E-state index in [2.05, 4.69) is 81.1 Å². The third-order valence-corrected chi connectivity index (χ3v) is 32.3. The number of ketones is 2. The quantitative estimate of drug-likeness (QED) is 0.0134. The maximum atomic E-state index is 13.2. The van der Waals surface area contributed by atoms with Crippen LogP contribution in [0.3, 0.4) is 0 Å². The Morgan fingerprint density at radius 2 is 0.915 bits per heavy atom. The molecule has 0 spiro atoms. The minimum Gasteiger partial charge on any atom is -0.870 e. The van der Waals surface area contributed by atoms with Crippen LogP contribution < -0.4 is 45.5 Å². The van der Waals surface area contributed by atoms with E-state index >= 15 is 0 Å². The Balaban J connectivity index is 0.00000132. The fourth-order valence-electron chi connectivity index (χ4n) is 11.4. The second-order valence-corrected chi connectivity index (χ2v) is 46.3. The number of thioether (sulfide) groups is 4. The standard InChI is InChI=1S/C16H24BrNO4S2.C16H22BrNO3S2.C15H21BrN2O4S2.C15H20BrNO4S2.C5H11NO2S.CH4.Na.H2O/c1-11-10-13(17)6-7-14(11)24(21,22)18-15(12(2)20)16(3,4)23-9-5-8-19;1-11-10-13(17)6-7-14(11)23(20,21)18-8-5-9-22-16(3,4)15(18)12(2)19;1-10-9-11(16)5-6-12(10)24(21,22)18-7-4-8-23-15(2,3)13(18)14(19)17-20;1-10-9-11(16)5-6-12(10)23(20,21)17-7-4-8-22-15(2,3)13(17)14(18)19;1-5(2,9)3(6)4(7)8;;;/h6-7,10,15,18-19H,5,8-9H2,1-4H3;6-7,10,15H,5,8-9H2,1-4H3;5-6,9,13,20H,4,7-8H2,1-3H3,(H,17,19);5-6,9,13H,4,7-8H2,1-3H3,(H,18,19);3,9H,6H2,1-2H3,(H,7,8);1H4;;1H2/q;;;;;;+1;/p-1/t2*15-;2*13-;3-;;;/m00000.../s1. The number of aliphatic hydroxyl groups excluding tert-OH is 1. The molecule has 3 fully saturated rings. The average Bonchev–Trinajstić information content (AvgIpc) is 1.70. The number of thiol groups is 1. The van der Waals surface area contributed by atoms with Gasteiger partial charge in [0.1, 0.15) is 29.7 Å². The van der Waals surface area contributed by atoms with E-state index in [4.69, 9.17) is 21.2 Å². The van der Waals surface area contributed by atoms with Gasteiger partial charge in [-0.1, -0.05) is 71.1 Å². The van der Waals surface area contributed by atoms with Crippen molar-refractivity contribution in [2.75, 3.05) is 49.3 Å². The van der Waals surface area contributed by atoms with Gasteiger partial charge in [-0.15, -0.1) is 0 Å². The van der Waals surface area contributed by atoms with Gasteiger partial charge >= 0.3 is 41.5 Å². The normalized spacial score (nSPS) is 19.2. The van der Waals surface area contributed by atoms with E-state index < -0.39 is 112 Å². The second-order valence-electron chi connectivity index (χ2n) is 27.2. The van der Waals surface area contributed by atoms with Crippen molar-refractivity contribution in [1.29, 1.82) is 0 Å². The van der Waals surface area contributed by atoms with Gasteiger partial charge < -0.3 is 26.5 Å². The number of nitrogens with one attached hydrogen (secondary N) is 2. The van der Waals surface area contributed by atoms with Gasteiger partial charge in [-0.2, -0.15) is 77.3 Å². The molecule has 24 nitrogen and oxygen atoms in total. The van der Waals surface area contributed by atoms with Crippen LogP contribution in [0.5, 0.6) is 0 Å². The van der Waals surface area contributed by atoms with Gasteiger partial charge in [0.2, 0.25) is 40.1 Å². The Hall–Kier alpha value is -1.22. The third-order valence-electron chi connectivity index (χ3n) is 16.6. The summed E-state index contributed by atoms with van der Waals surface area (Å²) < 4.78 is 111. The molecular formula is C68H103Br4N6NaO18S9. The summed E-state index contributed by atoms with van der Waals surface area (Å²) in [5.41, 5.74) is 9.32. The summed E-state index contributed by atoms with van der Waals surface area (Å²) in [7, 11) is -15.3. The first kappa shape index (κ1) is 105. The van der Waals surface area contributed by atoms with Crippen LogP contribution in [-0.2, 0) is 64.1 Å². The number of benzene rings is 4. The molecular weight excluding hydrogens is 1820 g/mol. The number of aryl methyl sites for hydroxylation is 4. The summed E-state index contributed by atoms with van der Waals surface area (Å²) >= 11 is 23.5. The topological polar surface area (TPSA) is 393 Å². The molecule has 7 rings (SSSR count). The Morgan fingerprint density at radius 1 is 0.604 bits per heavy atom. The van der Waals surface area contributed by atoms with Crippen molar-refractivity contribution in [3.05, 3.63) is 113 Å². The number of nitrogens with zero attached hydrogens (tertiary/aromatic N) is 3. The van der Waals surface area contributed by atoms with Crippen LogP contribution in [0.1, 0.15) is 138 Å². The monoisotopic (exact) mass is 1920 g/mol. The van der Waals surface area contributed by atoms with Crippen LogP contribution in [0.15, 0.2) is 110 Å². The van der Waals surface area contributed by atoms with E-state index in [9.17, 15) is 62.8 Å². The zero-order valence-corrected chi connectivity index (χ0v) is 77.8. The molecule has 38 heteroatoms. The number of hydrogen-bond acceptors (Lipinski definition) is 22. The molecule has 1 amide bonds. The molecule has 0 aromatic heterocycles. The van der Waals surface area contributed by atoms with Crippen LogP contribution in [-0.4, -0.2) is 205 Å². The number of carbonyl (C=O) groups is 5. The van der Waals surface area contributed by atoms with Gasteiger partial charge in [0.05, 0.1) is 31.7 Å². The van der Waals surface area contributed by atoms with Gasteiger partial charge in [0, 0.05) is 67.9 Å². The van der Waals surface area contributed by atoms with Gasteiger partial charge in [-0.05, 0) is 255 Å². The number of hydrogen-bond donors (Lipinski definition) is 8. The number of rotatable bonds is 20. The first-order valence-corrected chi connectivity index (χ1v) is 45.7. The van der Waals surface area contributed by atoms with Gasteiger partial charge in [-0.25, -0.2) is 39.2 Å². The van der Waals surface area contributed by atoms with E-state index in [1.807, 2.05) is 41.5 Å². The van der Waals surface area contributed by atoms with Crippen molar-refractivity contribution in [3.8, 4) is 0 Å². The van der Waals surface area contributed by atoms with E-state index in [-0.39, 0.29) is 93.3 Å². The van der Waals surface area contributed by atoms with Crippen LogP contribution in [0.2, 0.25) is 0 Å². The summed E-state index contributed by atoms with van der Waals surface area (Å²) in [5, 5.41) is 36.0. The van der Waals surface area contributed by atoms with Gasteiger partial charge in [-0.3, -0.25) is 29.2 Å². The molecule has 0 aliphatic carbocycles. The molecule has 106 heavy (non-hydrogen) atoms. The fraction of sp³-hybridized carbons (Fsp3) is 0.574.